The maximum absolute atomic E-state index is 11.8. The molecule has 84 valence electrons. The number of rotatable bonds is 4. The molecule has 0 aliphatic carbocycles. The fraction of sp³-hybridized carbons (Fsp3) is 0.800. The Morgan fingerprint density at radius 2 is 2.40 bits per heavy atom. The molecule has 1 fully saturated rings. The summed E-state index contributed by atoms with van der Waals surface area (Å²) in [5.74, 6) is -0.141. The van der Waals surface area contributed by atoms with Gasteiger partial charge in [-0.15, -0.1) is 0 Å². The molecule has 1 rings (SSSR count). The molecule has 1 atom stereocenters. The molecule has 0 saturated carbocycles. The van der Waals surface area contributed by atoms with Crippen LogP contribution in [0.5, 0.6) is 0 Å². The quantitative estimate of drug-likeness (QED) is 0.623. The van der Waals surface area contributed by atoms with Crippen molar-refractivity contribution in [2.24, 2.45) is 0 Å². The number of nitriles is 1. The Hall–Kier alpha value is -1.12. The van der Waals surface area contributed by atoms with Crippen LogP contribution >= 0.6 is 0 Å². The number of carbonyl (C=O) groups excluding carboxylic acids is 1. The first kappa shape index (κ1) is 12.0. The lowest BCUT2D eigenvalue weighted by Gasteiger charge is -2.27. The van der Waals surface area contributed by atoms with Gasteiger partial charge in [0.2, 0.25) is 0 Å². The molecule has 5 nitrogen and oxygen atoms in total. The first-order chi connectivity index (χ1) is 7.29. The molecule has 0 N–H and O–H groups in total. The second kappa shape index (κ2) is 6.38. The summed E-state index contributed by atoms with van der Waals surface area (Å²) in [4.78, 5) is 13.4. The van der Waals surface area contributed by atoms with E-state index in [9.17, 15) is 4.79 Å². The third kappa shape index (κ3) is 3.50. The van der Waals surface area contributed by atoms with Crippen molar-refractivity contribution in [3.63, 3.8) is 0 Å². The highest BCUT2D eigenvalue weighted by Gasteiger charge is 2.26. The van der Waals surface area contributed by atoms with Gasteiger partial charge in [0.1, 0.15) is 6.54 Å². The normalized spacial score (nSPS) is 20.7. The molecule has 15 heavy (non-hydrogen) atoms. The van der Waals surface area contributed by atoms with Gasteiger partial charge in [0, 0.05) is 6.54 Å². The Bertz CT molecular complexity index is 244. The molecular weight excluding hydrogens is 196 g/mol. The molecule has 1 saturated heterocycles. The molecule has 0 aromatic rings. The lowest BCUT2D eigenvalue weighted by molar-refractivity contribution is -0.157. The van der Waals surface area contributed by atoms with Crippen molar-refractivity contribution in [2.45, 2.75) is 19.4 Å². The monoisotopic (exact) mass is 212 g/mol. The summed E-state index contributed by atoms with van der Waals surface area (Å²) in [5, 5.41) is 8.59. The molecule has 0 aromatic carbocycles. The topological polar surface area (TPSA) is 62.6 Å². The van der Waals surface area contributed by atoms with Gasteiger partial charge in [0.25, 0.3) is 5.91 Å². The highest BCUT2D eigenvalue weighted by Crippen LogP contribution is 2.05. The molecule has 0 bridgehead atoms. The van der Waals surface area contributed by atoms with Crippen molar-refractivity contribution < 1.29 is 14.3 Å². The van der Waals surface area contributed by atoms with Crippen molar-refractivity contribution in [3.8, 4) is 6.07 Å². The fourth-order valence-corrected chi connectivity index (χ4v) is 1.46. The molecule has 0 radical (unpaired) electrons. The van der Waals surface area contributed by atoms with E-state index in [2.05, 4.69) is 0 Å². The Kier molecular flexibility index (Phi) is 5.08. The minimum atomic E-state index is -0.529. The first-order valence-electron chi connectivity index (χ1n) is 5.14. The van der Waals surface area contributed by atoms with Gasteiger partial charge in [-0.25, -0.2) is 0 Å². The zero-order chi connectivity index (χ0) is 11.1. The van der Waals surface area contributed by atoms with Gasteiger partial charge in [0.05, 0.1) is 25.9 Å². The number of nitrogens with zero attached hydrogens (tertiary/aromatic N) is 2. The van der Waals surface area contributed by atoms with Gasteiger partial charge in [0.15, 0.2) is 6.10 Å². The molecule has 0 aromatic heterocycles. The first-order valence-corrected chi connectivity index (χ1v) is 5.14. The van der Waals surface area contributed by atoms with Crippen LogP contribution in [0.2, 0.25) is 0 Å². The Balaban J connectivity index is 2.50. The van der Waals surface area contributed by atoms with E-state index in [-0.39, 0.29) is 12.5 Å². The predicted octanol–water partition coefficient (Wildman–Crippen LogP) is 0.164. The minimum absolute atomic E-state index is 0.118. The second-order valence-electron chi connectivity index (χ2n) is 3.35. The summed E-state index contributed by atoms with van der Waals surface area (Å²) >= 11 is 0. The van der Waals surface area contributed by atoms with Crippen LogP contribution in [0.1, 0.15) is 13.3 Å². The molecule has 1 amide bonds. The van der Waals surface area contributed by atoms with Crippen molar-refractivity contribution in [2.75, 3.05) is 32.9 Å². The van der Waals surface area contributed by atoms with E-state index in [1.165, 1.54) is 4.90 Å². The molecule has 1 heterocycles. The number of hydrogen-bond acceptors (Lipinski definition) is 4. The highest BCUT2D eigenvalue weighted by atomic mass is 16.6. The van der Waals surface area contributed by atoms with E-state index in [0.29, 0.717) is 26.4 Å². The minimum Gasteiger partial charge on any atom is -0.376 e. The SMILES string of the molecule is CCCN(CC#N)C(=O)C1COCCO1. The Morgan fingerprint density at radius 3 is 2.93 bits per heavy atom. The maximum Gasteiger partial charge on any atom is 0.254 e. The van der Waals surface area contributed by atoms with E-state index in [1.807, 2.05) is 13.0 Å². The van der Waals surface area contributed by atoms with Gasteiger partial charge in [-0.05, 0) is 6.42 Å². The number of hydrogen-bond donors (Lipinski definition) is 0. The van der Waals surface area contributed by atoms with Crippen LogP contribution in [0.3, 0.4) is 0 Å². The molecule has 1 unspecified atom stereocenters. The highest BCUT2D eigenvalue weighted by molar-refractivity contribution is 5.81. The standard InChI is InChI=1S/C10H16N2O3/c1-2-4-12(5-3-11)10(13)9-8-14-6-7-15-9/h9H,2,4-8H2,1H3. The summed E-state index contributed by atoms with van der Waals surface area (Å²) in [5.41, 5.74) is 0. The summed E-state index contributed by atoms with van der Waals surface area (Å²) in [6.45, 7) is 3.96. The molecule has 1 aliphatic heterocycles. The summed E-state index contributed by atoms with van der Waals surface area (Å²) in [7, 11) is 0. The van der Waals surface area contributed by atoms with Crippen molar-refractivity contribution in [3.05, 3.63) is 0 Å². The summed E-state index contributed by atoms with van der Waals surface area (Å²) in [6, 6.07) is 1.98. The zero-order valence-corrected chi connectivity index (χ0v) is 8.94. The van der Waals surface area contributed by atoms with E-state index in [0.717, 1.165) is 6.42 Å². The third-order valence-corrected chi connectivity index (χ3v) is 2.16. The fourth-order valence-electron chi connectivity index (χ4n) is 1.46. The second-order valence-corrected chi connectivity index (χ2v) is 3.35. The average Bonchev–Trinajstić information content (AvgIpc) is 2.29. The lowest BCUT2D eigenvalue weighted by Crippen LogP contribution is -2.45. The van der Waals surface area contributed by atoms with E-state index >= 15 is 0 Å². The largest absolute Gasteiger partial charge is 0.376 e. The van der Waals surface area contributed by atoms with Crippen molar-refractivity contribution >= 4 is 5.91 Å². The van der Waals surface area contributed by atoms with Crippen molar-refractivity contribution in [1.29, 1.82) is 5.26 Å². The van der Waals surface area contributed by atoms with Gasteiger partial charge >= 0.3 is 0 Å². The van der Waals surface area contributed by atoms with Gasteiger partial charge < -0.3 is 14.4 Å². The van der Waals surface area contributed by atoms with Crippen LogP contribution in [0.25, 0.3) is 0 Å². The predicted molar refractivity (Wildman–Crippen MR) is 53.0 cm³/mol. The Morgan fingerprint density at radius 1 is 1.60 bits per heavy atom. The summed E-state index contributed by atoms with van der Waals surface area (Å²) < 4.78 is 10.4. The third-order valence-electron chi connectivity index (χ3n) is 2.16. The van der Waals surface area contributed by atoms with Crippen LogP contribution in [0.15, 0.2) is 0 Å². The van der Waals surface area contributed by atoms with Crippen LogP contribution in [0.4, 0.5) is 0 Å². The van der Waals surface area contributed by atoms with E-state index in [1.54, 1.807) is 0 Å². The van der Waals surface area contributed by atoms with E-state index < -0.39 is 6.10 Å². The molecule has 1 aliphatic rings. The zero-order valence-electron chi connectivity index (χ0n) is 8.94. The van der Waals surface area contributed by atoms with Gasteiger partial charge in [-0.2, -0.15) is 5.26 Å². The van der Waals surface area contributed by atoms with Crippen LogP contribution in [0, 0.1) is 11.3 Å². The molecule has 5 heteroatoms. The Labute approximate surface area is 89.6 Å². The number of amides is 1. The molecular formula is C10H16N2O3. The van der Waals surface area contributed by atoms with Crippen molar-refractivity contribution in [1.82, 2.24) is 4.90 Å². The van der Waals surface area contributed by atoms with E-state index in [4.69, 9.17) is 14.7 Å². The van der Waals surface area contributed by atoms with Crippen LogP contribution in [-0.4, -0.2) is 49.8 Å². The summed E-state index contributed by atoms with van der Waals surface area (Å²) in [6.07, 6.45) is 0.305. The average molecular weight is 212 g/mol. The smallest absolute Gasteiger partial charge is 0.254 e. The number of carbonyl (C=O) groups is 1. The number of ether oxygens (including phenoxy) is 2. The lowest BCUT2D eigenvalue weighted by atomic mass is 10.2. The molecule has 0 spiro atoms. The maximum atomic E-state index is 11.8. The van der Waals surface area contributed by atoms with Crippen LogP contribution in [-0.2, 0) is 14.3 Å². The van der Waals surface area contributed by atoms with Gasteiger partial charge in [-0.1, -0.05) is 6.92 Å². The van der Waals surface area contributed by atoms with Gasteiger partial charge in [-0.3, -0.25) is 4.79 Å². The van der Waals surface area contributed by atoms with Crippen LogP contribution < -0.4 is 0 Å².